The zero-order valence-corrected chi connectivity index (χ0v) is 14.7. The van der Waals surface area contributed by atoms with E-state index in [2.05, 4.69) is 0 Å². The van der Waals surface area contributed by atoms with Crippen molar-refractivity contribution in [1.82, 2.24) is 5.32 Å². The van der Waals surface area contributed by atoms with Crippen LogP contribution in [0.15, 0.2) is 24.3 Å². The Hall–Kier alpha value is -1.93. The van der Waals surface area contributed by atoms with Crippen LogP contribution in [0.1, 0.15) is 55.8 Å². The number of nitrogens with one attached hydrogen (secondary N) is 1. The topological polar surface area (TPSA) is 69.6 Å². The molecule has 150 valence electrons. The molecule has 8 heteroatoms. The highest BCUT2D eigenvalue weighted by Gasteiger charge is 2.38. The standard InChI is InChI=1S/C19H23F4NO3/c20-15-5-4-14(16(25)7-11-24-17(26)19(21,22)23)12-13(15)6-10-18(27)8-2-1-3-9-18/h4-6,10,12,16,25,27H,1-3,7-9,11H2,(H,24,26). The highest BCUT2D eigenvalue weighted by molar-refractivity contribution is 5.81. The Morgan fingerprint density at radius 1 is 1.26 bits per heavy atom. The molecule has 0 spiro atoms. The molecular formula is C19H23F4NO3. The number of carbonyl (C=O) groups is 1. The number of aliphatic hydroxyl groups excluding tert-OH is 1. The summed E-state index contributed by atoms with van der Waals surface area (Å²) in [5.74, 6) is -2.61. The summed E-state index contributed by atoms with van der Waals surface area (Å²) in [6, 6.07) is 3.87. The molecule has 3 N–H and O–H groups in total. The van der Waals surface area contributed by atoms with Gasteiger partial charge in [-0.3, -0.25) is 4.79 Å². The van der Waals surface area contributed by atoms with Crippen LogP contribution in [0.3, 0.4) is 0 Å². The van der Waals surface area contributed by atoms with E-state index >= 15 is 0 Å². The zero-order chi connectivity index (χ0) is 20.1. The molecule has 0 bridgehead atoms. The zero-order valence-electron chi connectivity index (χ0n) is 14.7. The van der Waals surface area contributed by atoms with Crippen molar-refractivity contribution in [3.8, 4) is 0 Å². The van der Waals surface area contributed by atoms with Crippen LogP contribution in [0, 0.1) is 5.82 Å². The minimum absolute atomic E-state index is 0.152. The largest absolute Gasteiger partial charge is 0.471 e. The number of hydrogen-bond acceptors (Lipinski definition) is 3. The van der Waals surface area contributed by atoms with Crippen molar-refractivity contribution in [1.29, 1.82) is 0 Å². The normalized spacial score (nSPS) is 18.4. The van der Waals surface area contributed by atoms with Crippen LogP contribution >= 0.6 is 0 Å². The number of rotatable bonds is 6. The van der Waals surface area contributed by atoms with E-state index in [1.54, 1.807) is 11.4 Å². The highest BCUT2D eigenvalue weighted by Crippen LogP contribution is 2.30. The monoisotopic (exact) mass is 389 g/mol. The molecular weight excluding hydrogens is 366 g/mol. The Balaban J connectivity index is 2.00. The first-order valence-corrected chi connectivity index (χ1v) is 8.85. The van der Waals surface area contributed by atoms with Gasteiger partial charge in [-0.2, -0.15) is 13.2 Å². The number of amides is 1. The van der Waals surface area contributed by atoms with Crippen molar-refractivity contribution < 1.29 is 32.6 Å². The molecule has 1 aliphatic carbocycles. The molecule has 1 aromatic carbocycles. The second-order valence-electron chi connectivity index (χ2n) is 6.84. The second-order valence-corrected chi connectivity index (χ2v) is 6.84. The lowest BCUT2D eigenvalue weighted by atomic mass is 9.84. The third-order valence-corrected chi connectivity index (χ3v) is 4.66. The van der Waals surface area contributed by atoms with E-state index in [4.69, 9.17) is 0 Å². The third-order valence-electron chi connectivity index (χ3n) is 4.66. The van der Waals surface area contributed by atoms with Gasteiger partial charge in [0, 0.05) is 12.1 Å². The summed E-state index contributed by atoms with van der Waals surface area (Å²) in [7, 11) is 0. The lowest BCUT2D eigenvalue weighted by Crippen LogP contribution is -2.37. The van der Waals surface area contributed by atoms with Crippen LogP contribution in [-0.4, -0.2) is 34.4 Å². The Bertz CT molecular complexity index is 682. The summed E-state index contributed by atoms with van der Waals surface area (Å²) >= 11 is 0. The van der Waals surface area contributed by atoms with E-state index in [0.29, 0.717) is 18.4 Å². The summed E-state index contributed by atoms with van der Waals surface area (Å²) < 4.78 is 50.4. The molecule has 0 aromatic heterocycles. The molecule has 1 saturated carbocycles. The average Bonchev–Trinajstić information content (AvgIpc) is 2.60. The summed E-state index contributed by atoms with van der Waals surface area (Å²) in [5.41, 5.74) is -0.487. The number of hydrogen-bond donors (Lipinski definition) is 3. The van der Waals surface area contributed by atoms with E-state index in [-0.39, 0.29) is 18.5 Å². The van der Waals surface area contributed by atoms with Gasteiger partial charge in [0.15, 0.2) is 0 Å². The summed E-state index contributed by atoms with van der Waals surface area (Å²) in [6.45, 7) is -0.373. The summed E-state index contributed by atoms with van der Waals surface area (Å²) in [5, 5.41) is 22.2. The predicted molar refractivity (Wildman–Crippen MR) is 92.1 cm³/mol. The maximum Gasteiger partial charge on any atom is 0.471 e. The number of carbonyl (C=O) groups excluding carboxylic acids is 1. The molecule has 1 aromatic rings. The van der Waals surface area contributed by atoms with Crippen LogP contribution in [0.5, 0.6) is 0 Å². The van der Waals surface area contributed by atoms with Gasteiger partial charge in [-0.05, 0) is 37.0 Å². The molecule has 1 amide bonds. The minimum Gasteiger partial charge on any atom is -0.388 e. The van der Waals surface area contributed by atoms with Gasteiger partial charge in [-0.15, -0.1) is 0 Å². The Kier molecular flexibility index (Phi) is 7.00. The van der Waals surface area contributed by atoms with E-state index in [1.807, 2.05) is 0 Å². The first-order chi connectivity index (χ1) is 12.6. The highest BCUT2D eigenvalue weighted by atomic mass is 19.4. The Morgan fingerprint density at radius 3 is 2.56 bits per heavy atom. The average molecular weight is 389 g/mol. The molecule has 4 nitrogen and oxygen atoms in total. The van der Waals surface area contributed by atoms with Crippen LogP contribution in [0.25, 0.3) is 6.08 Å². The van der Waals surface area contributed by atoms with E-state index < -0.39 is 29.6 Å². The van der Waals surface area contributed by atoms with E-state index in [0.717, 1.165) is 25.3 Å². The summed E-state index contributed by atoms with van der Waals surface area (Å²) in [6.07, 6.45) is 0.780. The Labute approximate surface area is 154 Å². The molecule has 1 fully saturated rings. The first kappa shape index (κ1) is 21.4. The van der Waals surface area contributed by atoms with Crippen LogP contribution < -0.4 is 5.32 Å². The SMILES string of the molecule is O=C(NCCC(O)c1ccc(F)c(C=CC2(O)CCCCC2)c1)C(F)(F)F. The molecule has 0 aliphatic heterocycles. The van der Waals surface area contributed by atoms with Crippen LogP contribution in [-0.2, 0) is 4.79 Å². The molecule has 1 unspecified atom stereocenters. The molecule has 2 rings (SSSR count). The number of alkyl halides is 3. The van der Waals surface area contributed by atoms with Gasteiger partial charge in [-0.25, -0.2) is 4.39 Å². The van der Waals surface area contributed by atoms with Gasteiger partial charge < -0.3 is 15.5 Å². The molecule has 1 aliphatic rings. The Morgan fingerprint density at radius 2 is 1.93 bits per heavy atom. The second kappa shape index (κ2) is 8.84. The molecule has 1 atom stereocenters. The van der Waals surface area contributed by atoms with Crippen LogP contribution in [0.4, 0.5) is 17.6 Å². The fourth-order valence-corrected chi connectivity index (χ4v) is 3.06. The third kappa shape index (κ3) is 6.32. The van der Waals surface area contributed by atoms with Crippen molar-refractivity contribution in [2.75, 3.05) is 6.54 Å². The molecule has 0 saturated heterocycles. The van der Waals surface area contributed by atoms with Gasteiger partial charge >= 0.3 is 12.1 Å². The first-order valence-electron chi connectivity index (χ1n) is 8.85. The number of benzene rings is 1. The van der Waals surface area contributed by atoms with E-state index in [9.17, 15) is 32.6 Å². The predicted octanol–water partition coefficient (Wildman–Crippen LogP) is 3.64. The van der Waals surface area contributed by atoms with Gasteiger partial charge in [-0.1, -0.05) is 37.5 Å². The maximum absolute atomic E-state index is 14.0. The summed E-state index contributed by atoms with van der Waals surface area (Å²) in [4.78, 5) is 10.7. The number of aliphatic hydroxyl groups is 2. The van der Waals surface area contributed by atoms with Crippen molar-refractivity contribution in [3.05, 3.63) is 41.2 Å². The van der Waals surface area contributed by atoms with Gasteiger partial charge in [0.25, 0.3) is 0 Å². The maximum atomic E-state index is 14.0. The van der Waals surface area contributed by atoms with Crippen molar-refractivity contribution in [2.45, 2.75) is 56.4 Å². The quantitative estimate of drug-likeness (QED) is 0.651. The lowest BCUT2D eigenvalue weighted by Gasteiger charge is -2.28. The molecule has 27 heavy (non-hydrogen) atoms. The van der Waals surface area contributed by atoms with Crippen molar-refractivity contribution >= 4 is 12.0 Å². The van der Waals surface area contributed by atoms with Gasteiger partial charge in [0.05, 0.1) is 11.7 Å². The fourth-order valence-electron chi connectivity index (χ4n) is 3.06. The molecule has 0 heterocycles. The molecule has 0 radical (unpaired) electrons. The van der Waals surface area contributed by atoms with Crippen molar-refractivity contribution in [2.24, 2.45) is 0 Å². The fraction of sp³-hybridized carbons (Fsp3) is 0.526. The van der Waals surface area contributed by atoms with Gasteiger partial charge in [0.1, 0.15) is 5.82 Å². The smallest absolute Gasteiger partial charge is 0.388 e. The van der Waals surface area contributed by atoms with Crippen LogP contribution in [0.2, 0.25) is 0 Å². The van der Waals surface area contributed by atoms with Gasteiger partial charge in [0.2, 0.25) is 0 Å². The van der Waals surface area contributed by atoms with Crippen molar-refractivity contribution in [3.63, 3.8) is 0 Å². The number of halogens is 4. The minimum atomic E-state index is -4.97. The van der Waals surface area contributed by atoms with E-state index in [1.165, 1.54) is 18.2 Å². The lowest BCUT2D eigenvalue weighted by molar-refractivity contribution is -0.173.